The summed E-state index contributed by atoms with van der Waals surface area (Å²) >= 11 is 1.66. The molecule has 1 aliphatic rings. The standard InChI is InChI=1S/C35H36N2O6S/c1-23-30(22-44-32-8-4-5-19-36-32)42-35(43-34(23)26-11-9-24(21-38)10-12-26)27-15-13-25(14-16-27)29-7-3-2-6-28(29)20-37-31(39)17-18-33(40)41/h2-16,19,23,30,34-35,38H,17-18,20-22H2,1H3,(H,37,39)(H,40,41)/t23-,30+,34+,35+/m1/s1. The Balaban J connectivity index is 1.34. The molecule has 3 N–H and O–H groups in total. The number of pyridine rings is 1. The van der Waals surface area contributed by atoms with Gasteiger partial charge in [-0.1, -0.05) is 85.8 Å². The number of ether oxygens (including phenoxy) is 2. The zero-order chi connectivity index (χ0) is 30.9. The first kappa shape index (κ1) is 31.4. The van der Waals surface area contributed by atoms with Crippen LogP contribution in [-0.4, -0.2) is 38.9 Å². The van der Waals surface area contributed by atoms with Gasteiger partial charge in [0.15, 0.2) is 6.29 Å². The van der Waals surface area contributed by atoms with Crippen molar-refractivity contribution in [3.05, 3.63) is 119 Å². The van der Waals surface area contributed by atoms with Gasteiger partial charge in [-0.15, -0.1) is 11.8 Å². The van der Waals surface area contributed by atoms with Crippen LogP contribution < -0.4 is 5.32 Å². The van der Waals surface area contributed by atoms with Gasteiger partial charge in [0, 0.05) is 36.4 Å². The van der Waals surface area contributed by atoms with Gasteiger partial charge in [0.25, 0.3) is 0 Å². The van der Waals surface area contributed by atoms with E-state index >= 15 is 0 Å². The SMILES string of the molecule is C[C@@H]1[C@H](CSc2ccccn2)O[C@H](c2ccc(-c3ccccc3CNC(=O)CCC(=O)O)cc2)O[C@@H]1c1ccc(CO)cc1. The topological polar surface area (TPSA) is 118 Å². The second-order valence-electron chi connectivity index (χ2n) is 10.8. The number of aliphatic hydroxyl groups is 1. The molecule has 4 aromatic rings. The van der Waals surface area contributed by atoms with Crippen LogP contribution in [0.1, 0.15) is 54.4 Å². The molecule has 1 fully saturated rings. The number of hydrogen-bond donors (Lipinski definition) is 3. The van der Waals surface area contributed by atoms with Gasteiger partial charge in [-0.05, 0) is 39.9 Å². The Morgan fingerprint density at radius 2 is 1.61 bits per heavy atom. The molecular formula is C35H36N2O6S. The van der Waals surface area contributed by atoms with Crippen LogP contribution in [0.5, 0.6) is 0 Å². The van der Waals surface area contributed by atoms with Gasteiger partial charge in [0.1, 0.15) is 0 Å². The molecule has 9 heteroatoms. The summed E-state index contributed by atoms with van der Waals surface area (Å²) < 4.78 is 13.2. The summed E-state index contributed by atoms with van der Waals surface area (Å²) in [5, 5.41) is 22.1. The maximum Gasteiger partial charge on any atom is 0.303 e. The van der Waals surface area contributed by atoms with E-state index in [0.717, 1.165) is 38.4 Å². The van der Waals surface area contributed by atoms with Crippen molar-refractivity contribution in [3.63, 3.8) is 0 Å². The number of nitrogens with zero attached hydrogens (tertiary/aromatic N) is 1. The third-order valence-electron chi connectivity index (χ3n) is 7.71. The average Bonchev–Trinajstić information content (AvgIpc) is 3.06. The lowest BCUT2D eigenvalue weighted by Crippen LogP contribution is -2.38. The Labute approximate surface area is 261 Å². The van der Waals surface area contributed by atoms with Gasteiger partial charge in [-0.3, -0.25) is 9.59 Å². The predicted octanol–water partition coefficient (Wildman–Crippen LogP) is 6.31. The van der Waals surface area contributed by atoms with Crippen molar-refractivity contribution in [2.75, 3.05) is 5.75 Å². The van der Waals surface area contributed by atoms with E-state index in [1.165, 1.54) is 0 Å². The summed E-state index contributed by atoms with van der Waals surface area (Å²) in [4.78, 5) is 27.3. The minimum absolute atomic E-state index is 0.0109. The molecule has 1 aromatic heterocycles. The average molecular weight is 613 g/mol. The van der Waals surface area contributed by atoms with Crippen molar-refractivity contribution in [1.29, 1.82) is 0 Å². The number of hydrogen-bond acceptors (Lipinski definition) is 7. The molecule has 0 saturated carbocycles. The highest BCUT2D eigenvalue weighted by atomic mass is 32.2. The molecule has 228 valence electrons. The van der Waals surface area contributed by atoms with Gasteiger partial charge in [-0.25, -0.2) is 4.98 Å². The lowest BCUT2D eigenvalue weighted by atomic mass is 9.91. The summed E-state index contributed by atoms with van der Waals surface area (Å²) in [5.41, 5.74) is 5.66. The third-order valence-corrected chi connectivity index (χ3v) is 8.74. The predicted molar refractivity (Wildman–Crippen MR) is 169 cm³/mol. The van der Waals surface area contributed by atoms with Crippen LogP contribution >= 0.6 is 11.8 Å². The Morgan fingerprint density at radius 3 is 2.32 bits per heavy atom. The van der Waals surface area contributed by atoms with E-state index in [0.29, 0.717) is 12.3 Å². The van der Waals surface area contributed by atoms with Crippen molar-refractivity contribution in [1.82, 2.24) is 10.3 Å². The minimum Gasteiger partial charge on any atom is -0.481 e. The molecule has 4 atom stereocenters. The molecule has 0 aliphatic carbocycles. The first-order chi connectivity index (χ1) is 21.4. The van der Waals surface area contributed by atoms with Crippen molar-refractivity contribution in [3.8, 4) is 11.1 Å². The second-order valence-corrected chi connectivity index (χ2v) is 11.8. The van der Waals surface area contributed by atoms with Crippen LogP contribution in [-0.2, 0) is 32.2 Å². The molecule has 1 amide bonds. The molecule has 1 saturated heterocycles. The molecule has 8 nitrogen and oxygen atoms in total. The molecule has 5 rings (SSSR count). The second kappa shape index (κ2) is 15.1. The number of carbonyl (C=O) groups excluding carboxylic acids is 1. The molecule has 1 aliphatic heterocycles. The highest BCUT2D eigenvalue weighted by molar-refractivity contribution is 7.99. The quantitative estimate of drug-likeness (QED) is 0.160. The number of carbonyl (C=O) groups is 2. The first-order valence-corrected chi connectivity index (χ1v) is 15.6. The Kier molecular flexibility index (Phi) is 10.8. The number of benzene rings is 3. The van der Waals surface area contributed by atoms with Crippen molar-refractivity contribution in [2.45, 2.75) is 56.4 Å². The Morgan fingerprint density at radius 1 is 0.886 bits per heavy atom. The number of amides is 1. The van der Waals surface area contributed by atoms with E-state index < -0.39 is 12.3 Å². The maximum absolute atomic E-state index is 12.1. The molecule has 0 spiro atoms. The van der Waals surface area contributed by atoms with E-state index in [9.17, 15) is 14.7 Å². The fourth-order valence-corrected chi connectivity index (χ4v) is 6.22. The van der Waals surface area contributed by atoms with Crippen LogP contribution in [0.15, 0.2) is 102 Å². The maximum atomic E-state index is 12.1. The number of carboxylic acids is 1. The van der Waals surface area contributed by atoms with Gasteiger partial charge in [0.2, 0.25) is 5.91 Å². The lowest BCUT2D eigenvalue weighted by molar-refractivity contribution is -0.268. The van der Waals surface area contributed by atoms with E-state index in [2.05, 4.69) is 17.2 Å². The van der Waals surface area contributed by atoms with E-state index in [-0.39, 0.29) is 43.5 Å². The first-order valence-electron chi connectivity index (χ1n) is 14.6. The zero-order valence-electron chi connectivity index (χ0n) is 24.5. The van der Waals surface area contributed by atoms with Crippen LogP contribution in [0.3, 0.4) is 0 Å². The number of aliphatic carboxylic acids is 1. The molecule has 44 heavy (non-hydrogen) atoms. The molecule has 0 unspecified atom stereocenters. The number of rotatable bonds is 12. The number of carboxylic acid groups (broad SMARTS) is 1. The van der Waals surface area contributed by atoms with E-state index in [1.54, 1.807) is 18.0 Å². The fourth-order valence-electron chi connectivity index (χ4n) is 5.19. The number of aromatic nitrogens is 1. The normalized spacial score (nSPS) is 19.8. The fraction of sp³-hybridized carbons (Fsp3) is 0.286. The van der Waals surface area contributed by atoms with E-state index in [4.69, 9.17) is 14.6 Å². The van der Waals surface area contributed by atoms with Crippen LogP contribution in [0.25, 0.3) is 11.1 Å². The zero-order valence-corrected chi connectivity index (χ0v) is 25.3. The largest absolute Gasteiger partial charge is 0.481 e. The molecule has 2 heterocycles. The molecule has 0 radical (unpaired) electrons. The number of nitrogens with one attached hydrogen (secondary N) is 1. The molecule has 0 bridgehead atoms. The van der Waals surface area contributed by atoms with Crippen LogP contribution in [0.2, 0.25) is 0 Å². The number of aliphatic hydroxyl groups excluding tert-OH is 1. The van der Waals surface area contributed by atoms with Gasteiger partial charge in [-0.2, -0.15) is 0 Å². The highest BCUT2D eigenvalue weighted by Gasteiger charge is 2.38. The van der Waals surface area contributed by atoms with Crippen LogP contribution in [0, 0.1) is 5.92 Å². The number of thioether (sulfide) groups is 1. The monoisotopic (exact) mass is 612 g/mol. The summed E-state index contributed by atoms with van der Waals surface area (Å²) in [5.74, 6) is -0.508. The van der Waals surface area contributed by atoms with Gasteiger partial charge < -0.3 is 25.0 Å². The van der Waals surface area contributed by atoms with Gasteiger partial charge >= 0.3 is 5.97 Å². The smallest absolute Gasteiger partial charge is 0.303 e. The van der Waals surface area contributed by atoms with E-state index in [1.807, 2.05) is 91.0 Å². The summed E-state index contributed by atoms with van der Waals surface area (Å²) in [6.07, 6.45) is 0.643. The lowest BCUT2D eigenvalue weighted by Gasteiger charge is -2.41. The third kappa shape index (κ3) is 8.12. The Bertz CT molecular complexity index is 1530. The summed E-state index contributed by atoms with van der Waals surface area (Å²) in [7, 11) is 0. The molecular weight excluding hydrogens is 576 g/mol. The Hall–Kier alpha value is -4.02. The van der Waals surface area contributed by atoms with Crippen molar-refractivity contribution < 1.29 is 29.3 Å². The molecule has 3 aromatic carbocycles. The van der Waals surface area contributed by atoms with Gasteiger partial charge in [0.05, 0.1) is 30.3 Å². The highest BCUT2D eigenvalue weighted by Crippen LogP contribution is 2.43. The summed E-state index contributed by atoms with van der Waals surface area (Å²) in [6, 6.07) is 29.6. The van der Waals surface area contributed by atoms with Crippen LogP contribution in [0.4, 0.5) is 0 Å². The van der Waals surface area contributed by atoms with Crippen molar-refractivity contribution in [2.24, 2.45) is 5.92 Å². The van der Waals surface area contributed by atoms with Crippen molar-refractivity contribution >= 4 is 23.6 Å². The summed E-state index contributed by atoms with van der Waals surface area (Å²) in [6.45, 7) is 2.43. The minimum atomic E-state index is -0.995.